The van der Waals surface area contributed by atoms with Crippen LogP contribution in [-0.2, 0) is 6.54 Å². The predicted molar refractivity (Wildman–Crippen MR) is 89.6 cm³/mol. The maximum Gasteiger partial charge on any atom is 0.0208 e. The maximum absolute atomic E-state index is 3.68. The molecule has 1 nitrogen and oxygen atoms in total. The fraction of sp³-hybridized carbons (Fsp3) is 0.400. The van der Waals surface area contributed by atoms with E-state index in [1.807, 2.05) is 0 Å². The zero-order valence-electron chi connectivity index (χ0n) is 13.0. The fourth-order valence-corrected chi connectivity index (χ4v) is 3.06. The molecule has 0 atom stereocenters. The van der Waals surface area contributed by atoms with Crippen LogP contribution in [0.5, 0.6) is 0 Å². The van der Waals surface area contributed by atoms with Crippen LogP contribution in [0.2, 0.25) is 0 Å². The summed E-state index contributed by atoms with van der Waals surface area (Å²) < 4.78 is 0. The minimum absolute atomic E-state index is 0.616. The molecule has 0 radical (unpaired) electrons. The van der Waals surface area contributed by atoms with Crippen molar-refractivity contribution in [3.63, 3.8) is 0 Å². The van der Waals surface area contributed by atoms with Crippen molar-refractivity contribution in [2.75, 3.05) is 0 Å². The summed E-state index contributed by atoms with van der Waals surface area (Å²) in [5, 5.41) is 3.68. The van der Waals surface area contributed by atoms with Gasteiger partial charge in [0.15, 0.2) is 0 Å². The lowest BCUT2D eigenvalue weighted by molar-refractivity contribution is 0.289. The van der Waals surface area contributed by atoms with E-state index in [0.717, 1.165) is 12.5 Å². The van der Waals surface area contributed by atoms with Gasteiger partial charge in [0.25, 0.3) is 0 Å². The molecule has 0 bridgehead atoms. The Kier molecular flexibility index (Phi) is 4.40. The van der Waals surface area contributed by atoms with Crippen LogP contribution in [0.3, 0.4) is 0 Å². The van der Waals surface area contributed by atoms with Gasteiger partial charge in [-0.05, 0) is 41.4 Å². The highest BCUT2D eigenvalue weighted by Gasteiger charge is 2.29. The lowest BCUT2D eigenvalue weighted by Gasteiger charge is -2.36. The van der Waals surface area contributed by atoms with Gasteiger partial charge in [-0.15, -0.1) is 0 Å². The van der Waals surface area contributed by atoms with Gasteiger partial charge in [-0.2, -0.15) is 0 Å². The molecule has 0 heterocycles. The summed E-state index contributed by atoms with van der Waals surface area (Å²) in [7, 11) is 0. The minimum Gasteiger partial charge on any atom is -0.310 e. The molecule has 1 fully saturated rings. The third kappa shape index (κ3) is 3.54. The number of hydrogen-bond donors (Lipinski definition) is 1. The van der Waals surface area contributed by atoms with E-state index in [-0.39, 0.29) is 0 Å². The van der Waals surface area contributed by atoms with Gasteiger partial charge in [-0.1, -0.05) is 68.4 Å². The van der Waals surface area contributed by atoms with E-state index in [4.69, 9.17) is 0 Å². The van der Waals surface area contributed by atoms with Crippen molar-refractivity contribution in [1.82, 2.24) is 5.32 Å². The highest BCUT2D eigenvalue weighted by atomic mass is 14.9. The first kappa shape index (κ1) is 14.3. The second kappa shape index (κ2) is 6.44. The normalized spacial score (nSPS) is 21.3. The first-order valence-corrected chi connectivity index (χ1v) is 8.09. The molecule has 0 aliphatic heterocycles. The molecule has 0 unspecified atom stereocenters. The molecular weight excluding hydrogens is 254 g/mol. The lowest BCUT2D eigenvalue weighted by Crippen LogP contribution is -2.39. The van der Waals surface area contributed by atoms with Crippen molar-refractivity contribution in [2.45, 2.75) is 51.1 Å². The van der Waals surface area contributed by atoms with Gasteiger partial charge < -0.3 is 5.32 Å². The van der Waals surface area contributed by atoms with Crippen LogP contribution >= 0.6 is 0 Å². The Hall–Kier alpha value is -1.60. The smallest absolute Gasteiger partial charge is 0.0208 e. The summed E-state index contributed by atoms with van der Waals surface area (Å²) in [5.41, 5.74) is 4.31. The highest BCUT2D eigenvalue weighted by molar-refractivity contribution is 5.25. The second-order valence-corrected chi connectivity index (χ2v) is 6.55. The molecule has 1 aliphatic carbocycles. The zero-order chi connectivity index (χ0) is 14.7. The second-order valence-electron chi connectivity index (χ2n) is 6.55. The summed E-state index contributed by atoms with van der Waals surface area (Å²) in [5.74, 6) is 1.37. The summed E-state index contributed by atoms with van der Waals surface area (Å²) in [6.45, 7) is 5.47. The molecule has 2 aromatic rings. The first-order valence-electron chi connectivity index (χ1n) is 8.09. The van der Waals surface area contributed by atoms with Crippen LogP contribution in [0.15, 0.2) is 54.6 Å². The topological polar surface area (TPSA) is 12.0 Å². The van der Waals surface area contributed by atoms with E-state index in [1.54, 1.807) is 0 Å². The molecule has 0 spiro atoms. The summed E-state index contributed by atoms with van der Waals surface area (Å²) in [4.78, 5) is 0. The van der Waals surface area contributed by atoms with Gasteiger partial charge in [-0.3, -0.25) is 0 Å². The van der Waals surface area contributed by atoms with Crippen LogP contribution in [0, 0.1) is 0 Å². The maximum atomic E-state index is 3.68. The minimum atomic E-state index is 0.616. The average molecular weight is 279 g/mol. The van der Waals surface area contributed by atoms with E-state index in [1.165, 1.54) is 29.5 Å². The van der Waals surface area contributed by atoms with Gasteiger partial charge in [0.2, 0.25) is 0 Å². The lowest BCUT2D eigenvalue weighted by atomic mass is 9.76. The molecule has 1 aliphatic rings. The molecule has 3 rings (SSSR count). The molecule has 0 saturated heterocycles. The van der Waals surface area contributed by atoms with Crippen molar-refractivity contribution >= 4 is 0 Å². The van der Waals surface area contributed by atoms with Crippen LogP contribution in [0.4, 0.5) is 0 Å². The Morgan fingerprint density at radius 1 is 0.952 bits per heavy atom. The molecule has 110 valence electrons. The standard InChI is InChI=1S/C20H25N/c1-15(2)17-10-8-16(9-11-17)14-21-20-12-19(13-20)18-6-4-3-5-7-18/h3-11,15,19-21H,12-14H2,1-2H3. The Balaban J connectivity index is 1.45. The number of nitrogens with one attached hydrogen (secondary N) is 1. The highest BCUT2D eigenvalue weighted by Crippen LogP contribution is 2.36. The summed E-state index contributed by atoms with van der Waals surface area (Å²) >= 11 is 0. The largest absolute Gasteiger partial charge is 0.310 e. The van der Waals surface area contributed by atoms with Gasteiger partial charge in [0.05, 0.1) is 0 Å². The molecule has 0 aromatic heterocycles. The first-order chi connectivity index (χ1) is 10.2. The van der Waals surface area contributed by atoms with Gasteiger partial charge in [0, 0.05) is 12.6 Å². The third-order valence-electron chi connectivity index (χ3n) is 4.65. The van der Waals surface area contributed by atoms with Crippen LogP contribution in [0.25, 0.3) is 0 Å². The average Bonchev–Trinajstić information content (AvgIpc) is 2.47. The van der Waals surface area contributed by atoms with Gasteiger partial charge in [-0.25, -0.2) is 0 Å². The molecule has 1 heteroatoms. The van der Waals surface area contributed by atoms with Crippen molar-refractivity contribution in [1.29, 1.82) is 0 Å². The fourth-order valence-electron chi connectivity index (χ4n) is 3.06. The number of benzene rings is 2. The quantitative estimate of drug-likeness (QED) is 0.825. The Bertz CT molecular complexity index is 550. The Morgan fingerprint density at radius 2 is 1.62 bits per heavy atom. The number of hydrogen-bond acceptors (Lipinski definition) is 1. The Morgan fingerprint density at radius 3 is 2.24 bits per heavy atom. The summed E-state index contributed by atoms with van der Waals surface area (Å²) in [6, 6.07) is 20.6. The van der Waals surface area contributed by atoms with E-state index in [2.05, 4.69) is 73.8 Å². The van der Waals surface area contributed by atoms with Crippen molar-refractivity contribution in [3.8, 4) is 0 Å². The van der Waals surface area contributed by atoms with Crippen LogP contribution < -0.4 is 5.32 Å². The molecular formula is C20H25N. The Labute approximate surface area is 128 Å². The van der Waals surface area contributed by atoms with Crippen molar-refractivity contribution in [2.24, 2.45) is 0 Å². The number of rotatable bonds is 5. The van der Waals surface area contributed by atoms with E-state index >= 15 is 0 Å². The third-order valence-corrected chi connectivity index (χ3v) is 4.65. The van der Waals surface area contributed by atoms with Crippen molar-refractivity contribution in [3.05, 3.63) is 71.3 Å². The molecule has 0 amide bonds. The summed E-state index contributed by atoms with van der Waals surface area (Å²) in [6.07, 6.45) is 2.54. The van der Waals surface area contributed by atoms with E-state index < -0.39 is 0 Å². The van der Waals surface area contributed by atoms with Crippen molar-refractivity contribution < 1.29 is 0 Å². The van der Waals surface area contributed by atoms with Crippen LogP contribution in [-0.4, -0.2) is 6.04 Å². The van der Waals surface area contributed by atoms with E-state index in [9.17, 15) is 0 Å². The predicted octanol–water partition coefficient (Wildman–Crippen LogP) is 4.85. The zero-order valence-corrected chi connectivity index (χ0v) is 13.0. The monoisotopic (exact) mass is 279 g/mol. The molecule has 1 N–H and O–H groups in total. The SMILES string of the molecule is CC(C)c1ccc(CNC2CC(c3ccccc3)C2)cc1. The van der Waals surface area contributed by atoms with Gasteiger partial charge in [0.1, 0.15) is 0 Å². The molecule has 1 saturated carbocycles. The van der Waals surface area contributed by atoms with E-state index in [0.29, 0.717) is 12.0 Å². The van der Waals surface area contributed by atoms with Gasteiger partial charge >= 0.3 is 0 Å². The molecule has 21 heavy (non-hydrogen) atoms. The van der Waals surface area contributed by atoms with Crippen LogP contribution in [0.1, 0.15) is 55.2 Å². The molecule has 2 aromatic carbocycles.